The van der Waals surface area contributed by atoms with E-state index in [-0.39, 0.29) is 6.10 Å². The summed E-state index contributed by atoms with van der Waals surface area (Å²) in [5, 5.41) is 3.25. The maximum absolute atomic E-state index is 6.09. The summed E-state index contributed by atoms with van der Waals surface area (Å²) in [4.78, 5) is 5.16. The van der Waals surface area contributed by atoms with Crippen molar-refractivity contribution in [2.24, 2.45) is 5.06 Å². The van der Waals surface area contributed by atoms with Crippen LogP contribution >= 0.6 is 0 Å². The van der Waals surface area contributed by atoms with Crippen LogP contribution in [0.2, 0.25) is 0 Å². The number of aryl methyl sites for hydroxylation is 3. The van der Waals surface area contributed by atoms with Gasteiger partial charge in [0, 0.05) is 0 Å². The summed E-state index contributed by atoms with van der Waals surface area (Å²) in [5.41, 5.74) is 3.57. The summed E-state index contributed by atoms with van der Waals surface area (Å²) in [7, 11) is 10.0. The van der Waals surface area contributed by atoms with E-state index < -0.39 is 24.1 Å². The zero-order valence-corrected chi connectivity index (χ0v) is 16.0. The van der Waals surface area contributed by atoms with E-state index in [0.29, 0.717) is 0 Å². The van der Waals surface area contributed by atoms with Gasteiger partial charge in [-0.05, 0) is 0 Å². The van der Waals surface area contributed by atoms with Crippen LogP contribution in [0.3, 0.4) is 0 Å². The Labute approximate surface area is 150 Å². The zero-order chi connectivity index (χ0) is 18.8. The number of hydrogen-bond donors (Lipinski definition) is 0. The van der Waals surface area contributed by atoms with Crippen LogP contribution in [0.4, 0.5) is 0 Å². The van der Waals surface area contributed by atoms with Crippen molar-refractivity contribution in [1.29, 1.82) is 0 Å². The number of benzene rings is 1. The van der Waals surface area contributed by atoms with E-state index in [9.17, 15) is 0 Å². The molecule has 0 aromatic heterocycles. The van der Waals surface area contributed by atoms with E-state index in [1.54, 1.807) is 21.3 Å². The van der Waals surface area contributed by atoms with Crippen molar-refractivity contribution >= 4 is 7.64 Å². The standard InChI is InChI=1S/C18H27BNO5/c1-10-8-11(2)14(12(3)9-10)18(23-7)13(4)24-17(25-20-19)15(21-5)16(18)22-6/h8-9,13,15-17H,1-7H3. The molecule has 6 nitrogen and oxygen atoms in total. The molecule has 0 aliphatic carbocycles. The number of ether oxygens (including phenoxy) is 4. The molecular weight excluding hydrogens is 321 g/mol. The van der Waals surface area contributed by atoms with Crippen molar-refractivity contribution in [2.45, 2.75) is 57.9 Å². The minimum absolute atomic E-state index is 0.388. The quantitative estimate of drug-likeness (QED) is 0.584. The summed E-state index contributed by atoms with van der Waals surface area (Å²) < 4.78 is 23.6. The molecule has 0 N–H and O–H groups in total. The molecule has 1 aliphatic rings. The topological polar surface area (TPSA) is 58.5 Å². The summed E-state index contributed by atoms with van der Waals surface area (Å²) in [6, 6.07) is 4.25. The molecule has 1 heterocycles. The first-order chi connectivity index (χ1) is 11.9. The first-order valence-electron chi connectivity index (χ1n) is 8.27. The van der Waals surface area contributed by atoms with Crippen LogP contribution in [-0.4, -0.2) is 53.6 Å². The molecular formula is C18H27BNO5. The molecule has 1 saturated heterocycles. The number of rotatable bonds is 6. The van der Waals surface area contributed by atoms with Crippen LogP contribution in [0.15, 0.2) is 17.2 Å². The second kappa shape index (κ2) is 7.95. The molecule has 0 bridgehead atoms. The molecule has 5 unspecified atom stereocenters. The molecule has 1 fully saturated rings. The molecule has 1 aliphatic heterocycles. The van der Waals surface area contributed by atoms with Crippen LogP contribution in [0, 0.1) is 20.8 Å². The molecule has 5 atom stereocenters. The minimum atomic E-state index is -0.869. The normalized spacial score (nSPS) is 32.4. The van der Waals surface area contributed by atoms with E-state index in [0.717, 1.165) is 16.7 Å². The van der Waals surface area contributed by atoms with E-state index >= 15 is 0 Å². The van der Waals surface area contributed by atoms with Crippen molar-refractivity contribution in [3.8, 4) is 0 Å². The summed E-state index contributed by atoms with van der Waals surface area (Å²) in [6.07, 6.45) is -2.24. The number of hydrogen-bond acceptors (Lipinski definition) is 6. The van der Waals surface area contributed by atoms with Gasteiger partial charge in [0.25, 0.3) is 0 Å². The number of methoxy groups -OCH3 is 3. The summed E-state index contributed by atoms with van der Waals surface area (Å²) >= 11 is 0. The predicted molar refractivity (Wildman–Crippen MR) is 94.5 cm³/mol. The van der Waals surface area contributed by atoms with Crippen molar-refractivity contribution in [3.05, 3.63) is 34.4 Å². The fourth-order valence-corrected chi connectivity index (χ4v) is 4.21. The zero-order valence-electron chi connectivity index (χ0n) is 16.0. The van der Waals surface area contributed by atoms with Crippen LogP contribution in [0.5, 0.6) is 0 Å². The third kappa shape index (κ3) is 3.26. The molecule has 137 valence electrons. The SMILES string of the molecule is [B]=NOC1OC(C)C(OC)(c2c(C)cc(C)cc2C)C(OC)C1OC. The van der Waals surface area contributed by atoms with Crippen LogP contribution in [-0.2, 0) is 29.4 Å². The molecule has 1 aromatic rings. The Morgan fingerprint density at radius 2 is 1.68 bits per heavy atom. The van der Waals surface area contributed by atoms with Gasteiger partial charge in [0.1, 0.15) is 0 Å². The fraction of sp³-hybridized carbons (Fsp3) is 0.667. The van der Waals surface area contributed by atoms with Gasteiger partial charge in [-0.1, -0.05) is 0 Å². The molecule has 0 saturated carbocycles. The predicted octanol–water partition coefficient (Wildman–Crippen LogP) is 2.51. The second-order valence-corrected chi connectivity index (χ2v) is 6.49. The monoisotopic (exact) mass is 348 g/mol. The second-order valence-electron chi connectivity index (χ2n) is 6.49. The van der Waals surface area contributed by atoms with Crippen molar-refractivity contribution in [2.75, 3.05) is 21.3 Å². The Morgan fingerprint density at radius 3 is 2.12 bits per heavy atom. The van der Waals surface area contributed by atoms with Gasteiger partial charge in [-0.3, -0.25) is 0 Å². The molecule has 0 amide bonds. The van der Waals surface area contributed by atoms with E-state index in [1.807, 2.05) is 6.92 Å². The van der Waals surface area contributed by atoms with E-state index in [2.05, 4.69) is 38.0 Å². The van der Waals surface area contributed by atoms with Gasteiger partial charge in [0.2, 0.25) is 0 Å². The Kier molecular flexibility index (Phi) is 6.38. The summed E-state index contributed by atoms with van der Waals surface area (Å²) in [5.74, 6) is 0. The fourth-order valence-electron chi connectivity index (χ4n) is 4.21. The molecule has 0 spiro atoms. The molecule has 7 heteroatoms. The van der Waals surface area contributed by atoms with Crippen LogP contribution in [0.25, 0.3) is 0 Å². The Hall–Kier alpha value is -1.28. The van der Waals surface area contributed by atoms with E-state index in [4.69, 9.17) is 31.4 Å². The first kappa shape index (κ1) is 20.0. The average Bonchev–Trinajstić information content (AvgIpc) is 2.55. The van der Waals surface area contributed by atoms with Crippen LogP contribution in [0.1, 0.15) is 29.2 Å². The van der Waals surface area contributed by atoms with Crippen molar-refractivity contribution < 1.29 is 23.8 Å². The average molecular weight is 348 g/mol. The molecule has 1 aromatic carbocycles. The van der Waals surface area contributed by atoms with E-state index in [1.165, 1.54) is 5.56 Å². The van der Waals surface area contributed by atoms with Gasteiger partial charge in [0.05, 0.1) is 0 Å². The third-order valence-electron chi connectivity index (χ3n) is 5.03. The first-order valence-corrected chi connectivity index (χ1v) is 8.27. The van der Waals surface area contributed by atoms with Gasteiger partial charge in [0.15, 0.2) is 0 Å². The Balaban J connectivity index is 2.67. The summed E-state index contributed by atoms with van der Waals surface area (Å²) in [6.45, 7) is 8.12. The van der Waals surface area contributed by atoms with Gasteiger partial charge < -0.3 is 0 Å². The third-order valence-corrected chi connectivity index (χ3v) is 5.03. The van der Waals surface area contributed by atoms with Crippen LogP contribution < -0.4 is 0 Å². The molecule has 2 rings (SSSR count). The molecule has 25 heavy (non-hydrogen) atoms. The Morgan fingerprint density at radius 1 is 1.08 bits per heavy atom. The van der Waals surface area contributed by atoms with Gasteiger partial charge >= 0.3 is 150 Å². The van der Waals surface area contributed by atoms with Gasteiger partial charge in [-0.15, -0.1) is 0 Å². The maximum atomic E-state index is 6.09. The van der Waals surface area contributed by atoms with Crippen molar-refractivity contribution in [1.82, 2.24) is 0 Å². The van der Waals surface area contributed by atoms with Gasteiger partial charge in [-0.25, -0.2) is 0 Å². The van der Waals surface area contributed by atoms with Crippen molar-refractivity contribution in [3.63, 3.8) is 0 Å². The Bertz CT molecular complexity index is 602. The molecule has 1 radical (unpaired) electrons. The number of nitrogens with zero attached hydrogens (tertiary/aromatic N) is 1. The van der Waals surface area contributed by atoms with Gasteiger partial charge in [-0.2, -0.15) is 0 Å².